The lowest BCUT2D eigenvalue weighted by Crippen LogP contribution is -2.51. The van der Waals surface area contributed by atoms with Crippen LogP contribution in [0.1, 0.15) is 94.7 Å². The zero-order chi connectivity index (χ0) is 41.5. The molecule has 14 nitrogen and oxygen atoms in total. The number of hydrogen-bond donors (Lipinski definition) is 4. The van der Waals surface area contributed by atoms with Gasteiger partial charge in [-0.2, -0.15) is 0 Å². The average molecular weight is 803 g/mol. The molecule has 1 unspecified atom stereocenters. The summed E-state index contributed by atoms with van der Waals surface area (Å²) in [7, 11) is 2.60. The molecule has 2 aromatic heterocycles. The van der Waals surface area contributed by atoms with E-state index >= 15 is 0 Å². The van der Waals surface area contributed by atoms with Crippen molar-refractivity contribution in [2.45, 2.75) is 96.8 Å². The topological polar surface area (TPSA) is 175 Å². The van der Waals surface area contributed by atoms with Crippen LogP contribution >= 0.6 is 0 Å². The molecule has 2 aliphatic heterocycles. The van der Waals surface area contributed by atoms with Gasteiger partial charge in [0.05, 0.1) is 49.2 Å². The van der Waals surface area contributed by atoms with Gasteiger partial charge in [-0.05, 0) is 96.6 Å². The molecular weight excluding hydrogens is 749 g/mol. The van der Waals surface area contributed by atoms with Gasteiger partial charge in [-0.3, -0.25) is 9.59 Å². The highest BCUT2D eigenvalue weighted by Gasteiger charge is 2.39. The van der Waals surface area contributed by atoms with Crippen LogP contribution in [0.15, 0.2) is 48.7 Å². The van der Waals surface area contributed by atoms with Crippen LogP contribution in [-0.4, -0.2) is 93.1 Å². The van der Waals surface area contributed by atoms with E-state index in [2.05, 4.69) is 63.1 Å². The Morgan fingerprint density at radius 1 is 0.729 bits per heavy atom. The fraction of sp³-hybridized carbons (Fsp3) is 0.467. The van der Waals surface area contributed by atoms with Gasteiger partial charge in [-0.25, -0.2) is 19.6 Å². The zero-order valence-electron chi connectivity index (χ0n) is 34.7. The van der Waals surface area contributed by atoms with Crippen LogP contribution in [0, 0.1) is 11.8 Å². The third kappa shape index (κ3) is 7.49. The number of imidazole rings is 2. The Labute approximate surface area is 343 Å². The van der Waals surface area contributed by atoms with Gasteiger partial charge in [0.1, 0.15) is 23.7 Å². The number of alkyl carbamates (subject to hydrolysis) is 2. The third-order valence-corrected chi connectivity index (χ3v) is 12.5. The van der Waals surface area contributed by atoms with E-state index in [1.54, 1.807) is 0 Å². The molecule has 8 rings (SSSR count). The number of aromatic amines is 2. The number of aromatic nitrogens is 4. The molecule has 14 heteroatoms. The van der Waals surface area contributed by atoms with Crippen LogP contribution < -0.4 is 10.6 Å². The molecule has 3 aliphatic rings. The summed E-state index contributed by atoms with van der Waals surface area (Å²) in [6.07, 6.45) is 6.95. The summed E-state index contributed by atoms with van der Waals surface area (Å²) in [5.74, 6) is 1.04. The summed E-state index contributed by atoms with van der Waals surface area (Å²) in [5.41, 5.74) is 8.89. The second kappa shape index (κ2) is 16.4. The molecule has 59 heavy (non-hydrogen) atoms. The highest BCUT2D eigenvalue weighted by molar-refractivity contribution is 6.05. The van der Waals surface area contributed by atoms with E-state index in [1.807, 2.05) is 43.7 Å². The van der Waals surface area contributed by atoms with Crippen LogP contribution in [-0.2, 0) is 31.9 Å². The van der Waals surface area contributed by atoms with E-state index in [0.717, 1.165) is 95.2 Å². The standard InChI is InChI=1S/C45H54N8O6/c1-24(2)37(50-44(56)58-5)42(54)52-20-8-12-35(52)40-46-23-34(48-40)32-18-17-28(30-10-7-11-31(30)32)26-14-16-29-27(22-26)15-19-33-39(29)49-41(47-33)36-13-9-21-53(36)43(55)38(25(3)4)51-45(57)59-6/h14-19,22-25,35-38H,7-13,20-21H2,1-6H3,(H,46,48)(H,47,49)(H,50,56)(H,51,57)/t35-,36-,37?,38-/m0/s1. The minimum Gasteiger partial charge on any atom is -0.453 e. The van der Waals surface area contributed by atoms with Crippen molar-refractivity contribution in [3.8, 4) is 22.4 Å². The molecule has 5 aromatic rings. The van der Waals surface area contributed by atoms with Crippen molar-refractivity contribution in [2.24, 2.45) is 11.8 Å². The van der Waals surface area contributed by atoms with Gasteiger partial charge in [0.25, 0.3) is 0 Å². The maximum Gasteiger partial charge on any atom is 0.407 e. The molecule has 4 atom stereocenters. The lowest BCUT2D eigenvalue weighted by atomic mass is 9.91. The Hall–Kier alpha value is -5.92. The second-order valence-electron chi connectivity index (χ2n) is 16.8. The number of nitrogens with zero attached hydrogens (tertiary/aromatic N) is 4. The molecule has 2 fully saturated rings. The van der Waals surface area contributed by atoms with Crippen molar-refractivity contribution in [1.29, 1.82) is 0 Å². The normalized spacial score (nSPS) is 18.8. The van der Waals surface area contributed by atoms with Gasteiger partial charge in [-0.15, -0.1) is 0 Å². The van der Waals surface area contributed by atoms with Gasteiger partial charge in [0.2, 0.25) is 11.8 Å². The third-order valence-electron chi connectivity index (χ3n) is 12.5. The predicted octanol–water partition coefficient (Wildman–Crippen LogP) is 7.35. The number of nitrogens with one attached hydrogen (secondary N) is 4. The fourth-order valence-electron chi connectivity index (χ4n) is 9.40. The minimum atomic E-state index is -0.693. The number of H-pyrrole nitrogens is 2. The van der Waals surface area contributed by atoms with Gasteiger partial charge in [0, 0.05) is 24.0 Å². The van der Waals surface area contributed by atoms with E-state index in [1.165, 1.54) is 30.9 Å². The van der Waals surface area contributed by atoms with Gasteiger partial charge in [0.15, 0.2) is 0 Å². The van der Waals surface area contributed by atoms with Crippen molar-refractivity contribution >= 4 is 45.8 Å². The van der Waals surface area contributed by atoms with Crippen molar-refractivity contribution in [2.75, 3.05) is 27.3 Å². The minimum absolute atomic E-state index is 0.104. The Morgan fingerprint density at radius 2 is 1.32 bits per heavy atom. The molecule has 310 valence electrons. The van der Waals surface area contributed by atoms with E-state index < -0.39 is 24.3 Å². The number of methoxy groups -OCH3 is 2. The summed E-state index contributed by atoms with van der Waals surface area (Å²) in [6, 6.07) is 13.4. The smallest absolute Gasteiger partial charge is 0.407 e. The number of benzene rings is 3. The lowest BCUT2D eigenvalue weighted by molar-refractivity contribution is -0.136. The molecular formula is C45H54N8O6. The van der Waals surface area contributed by atoms with Crippen molar-refractivity contribution in [1.82, 2.24) is 40.4 Å². The SMILES string of the molecule is COC(=O)NC(C(=O)N1CCC[C@H]1c1ncc(-c2ccc(-c3ccc4c(ccc5[nH]c([C@@H]6CCCN6C(=O)[C@@H](NC(=O)OC)C(C)C)nc54)c3)c3c2CCC3)[nH]1)C(C)C. The zero-order valence-corrected chi connectivity index (χ0v) is 34.7. The number of likely N-dealkylation sites (tertiary alicyclic amines) is 2. The first-order chi connectivity index (χ1) is 28.5. The van der Waals surface area contributed by atoms with E-state index in [4.69, 9.17) is 19.4 Å². The van der Waals surface area contributed by atoms with Gasteiger partial charge in [-0.1, -0.05) is 58.0 Å². The number of ether oxygens (including phenoxy) is 2. The van der Waals surface area contributed by atoms with Gasteiger partial charge >= 0.3 is 12.2 Å². The van der Waals surface area contributed by atoms with Crippen molar-refractivity contribution in [3.05, 3.63) is 71.4 Å². The first kappa shape index (κ1) is 39.9. The predicted molar refractivity (Wildman–Crippen MR) is 224 cm³/mol. The number of rotatable bonds is 10. The Morgan fingerprint density at radius 3 is 1.93 bits per heavy atom. The monoisotopic (exact) mass is 802 g/mol. The maximum absolute atomic E-state index is 13.8. The number of carbonyl (C=O) groups is 4. The number of hydrogen-bond acceptors (Lipinski definition) is 8. The Bertz CT molecular complexity index is 2420. The van der Waals surface area contributed by atoms with Gasteiger partial charge < -0.3 is 39.9 Å². The van der Waals surface area contributed by atoms with E-state index in [-0.39, 0.29) is 35.7 Å². The van der Waals surface area contributed by atoms with Crippen molar-refractivity contribution < 1.29 is 28.7 Å². The fourth-order valence-corrected chi connectivity index (χ4v) is 9.40. The summed E-state index contributed by atoms with van der Waals surface area (Å²) in [5, 5.41) is 7.57. The molecule has 0 spiro atoms. The summed E-state index contributed by atoms with van der Waals surface area (Å²) in [6.45, 7) is 8.86. The van der Waals surface area contributed by atoms with Crippen LogP contribution in [0.5, 0.6) is 0 Å². The van der Waals surface area contributed by atoms with Crippen LogP contribution in [0.25, 0.3) is 44.2 Å². The summed E-state index contributed by atoms with van der Waals surface area (Å²) >= 11 is 0. The molecule has 0 saturated carbocycles. The molecule has 0 bridgehead atoms. The lowest BCUT2D eigenvalue weighted by Gasteiger charge is -2.30. The Balaban J connectivity index is 1.04. The number of fused-ring (bicyclic) bond motifs is 4. The highest BCUT2D eigenvalue weighted by Crippen LogP contribution is 2.41. The molecule has 2 saturated heterocycles. The van der Waals surface area contributed by atoms with E-state index in [9.17, 15) is 19.2 Å². The maximum atomic E-state index is 13.8. The number of carbonyl (C=O) groups excluding carboxylic acids is 4. The first-order valence-electron chi connectivity index (χ1n) is 20.9. The van der Waals surface area contributed by atoms with Crippen LogP contribution in [0.3, 0.4) is 0 Å². The molecule has 0 radical (unpaired) electrons. The van der Waals surface area contributed by atoms with E-state index in [0.29, 0.717) is 13.1 Å². The van der Waals surface area contributed by atoms with Crippen LogP contribution in [0.4, 0.5) is 9.59 Å². The molecule has 4 amide bonds. The largest absolute Gasteiger partial charge is 0.453 e. The van der Waals surface area contributed by atoms with Crippen molar-refractivity contribution in [3.63, 3.8) is 0 Å². The summed E-state index contributed by atoms with van der Waals surface area (Å²) < 4.78 is 9.60. The molecule has 4 N–H and O–H groups in total. The highest BCUT2D eigenvalue weighted by atomic mass is 16.5. The van der Waals surface area contributed by atoms with Crippen LogP contribution in [0.2, 0.25) is 0 Å². The first-order valence-corrected chi connectivity index (χ1v) is 20.9. The average Bonchev–Trinajstić information content (AvgIpc) is 4.09. The molecule has 4 heterocycles. The molecule has 3 aromatic carbocycles. The summed E-state index contributed by atoms with van der Waals surface area (Å²) in [4.78, 5) is 72.3. The Kier molecular flexibility index (Phi) is 11.1. The molecule has 1 aliphatic carbocycles. The quantitative estimate of drug-likeness (QED) is 0.113. The number of amides is 4. The second-order valence-corrected chi connectivity index (χ2v) is 16.8.